The Morgan fingerprint density at radius 3 is 2.85 bits per heavy atom. The van der Waals surface area contributed by atoms with Crippen molar-refractivity contribution in [3.8, 4) is 23.3 Å². The molecule has 2 aromatic rings. The number of carbonyl (C=O) groups excluding carboxylic acids is 1. The fourth-order valence-corrected chi connectivity index (χ4v) is 4.24. The van der Waals surface area contributed by atoms with Crippen molar-refractivity contribution in [2.24, 2.45) is 5.73 Å². The average Bonchev–Trinajstić information content (AvgIpc) is 2.96. The minimum atomic E-state index is -0.542. The van der Waals surface area contributed by atoms with Crippen molar-refractivity contribution in [1.29, 1.82) is 5.26 Å². The zero-order chi connectivity index (χ0) is 19.7. The Bertz CT molecular complexity index is 987. The number of nitriles is 1. The lowest BCUT2D eigenvalue weighted by Crippen LogP contribution is -2.21. The van der Waals surface area contributed by atoms with Crippen LogP contribution in [0.15, 0.2) is 29.7 Å². The summed E-state index contributed by atoms with van der Waals surface area (Å²) in [6, 6.07) is 6.90. The van der Waals surface area contributed by atoms with Crippen LogP contribution < -0.4 is 15.2 Å². The zero-order valence-electron chi connectivity index (χ0n) is 15.0. The number of nitrogens with zero attached hydrogens (tertiary/aromatic N) is 1. The molecule has 1 aromatic heterocycles. The molecular weight excluding hydrogens is 368 g/mol. The molecule has 0 radical (unpaired) electrons. The lowest BCUT2D eigenvalue weighted by Gasteiger charge is -2.24. The van der Waals surface area contributed by atoms with E-state index < -0.39 is 11.9 Å². The van der Waals surface area contributed by atoms with Crippen molar-refractivity contribution in [3.63, 3.8) is 0 Å². The highest BCUT2D eigenvalue weighted by Crippen LogP contribution is 2.50. The van der Waals surface area contributed by atoms with Crippen molar-refractivity contribution < 1.29 is 24.1 Å². The van der Waals surface area contributed by atoms with Gasteiger partial charge in [-0.25, -0.2) is 4.79 Å². The van der Waals surface area contributed by atoms with Gasteiger partial charge in [0.15, 0.2) is 17.2 Å². The monoisotopic (exact) mass is 386 g/mol. The summed E-state index contributed by atoms with van der Waals surface area (Å²) in [6.07, 6.45) is 0. The number of benzene rings is 1. The molecule has 8 heteroatoms. The topological polar surface area (TPSA) is 115 Å². The maximum Gasteiger partial charge on any atom is 0.343 e. The van der Waals surface area contributed by atoms with Crippen LogP contribution in [-0.2, 0) is 4.74 Å². The molecule has 0 bridgehead atoms. The third kappa shape index (κ3) is 3.06. The second-order valence-electron chi connectivity index (χ2n) is 5.80. The fraction of sp³-hybridized carbons (Fsp3) is 0.263. The van der Waals surface area contributed by atoms with Crippen LogP contribution in [0, 0.1) is 18.3 Å². The van der Waals surface area contributed by atoms with Crippen LogP contribution >= 0.6 is 11.3 Å². The lowest BCUT2D eigenvalue weighted by atomic mass is 9.88. The number of aryl methyl sites for hydroxylation is 1. The fourth-order valence-electron chi connectivity index (χ4n) is 3.03. The number of allylic oxidation sites excluding steroid dienone is 1. The number of hydrogen-bond donors (Lipinski definition) is 2. The number of hydrogen-bond acceptors (Lipinski definition) is 8. The number of rotatable bonds is 4. The van der Waals surface area contributed by atoms with E-state index in [0.717, 1.165) is 0 Å². The summed E-state index contributed by atoms with van der Waals surface area (Å²) in [6.45, 7) is 3.74. The molecule has 7 nitrogen and oxygen atoms in total. The molecule has 140 valence electrons. The number of carbonyl (C=O) groups is 1. The number of fused-ring (bicyclic) bond motifs is 1. The minimum Gasteiger partial charge on any atom is -0.504 e. The summed E-state index contributed by atoms with van der Waals surface area (Å²) in [4.78, 5) is 13.8. The van der Waals surface area contributed by atoms with Gasteiger partial charge in [-0.3, -0.25) is 0 Å². The highest BCUT2D eigenvalue weighted by molar-refractivity contribution is 7.12. The summed E-state index contributed by atoms with van der Waals surface area (Å²) >= 11 is 1.34. The van der Waals surface area contributed by atoms with E-state index >= 15 is 0 Å². The summed E-state index contributed by atoms with van der Waals surface area (Å²) in [5.74, 6) is -0.536. The Balaban J connectivity index is 2.22. The quantitative estimate of drug-likeness (QED) is 0.776. The Morgan fingerprint density at radius 2 is 2.22 bits per heavy atom. The predicted octanol–water partition coefficient (Wildman–Crippen LogP) is 3.17. The van der Waals surface area contributed by atoms with Gasteiger partial charge >= 0.3 is 5.97 Å². The van der Waals surface area contributed by atoms with Gasteiger partial charge in [-0.2, -0.15) is 5.26 Å². The van der Waals surface area contributed by atoms with E-state index in [9.17, 15) is 15.2 Å². The summed E-state index contributed by atoms with van der Waals surface area (Å²) in [5, 5.41) is 19.5. The Morgan fingerprint density at radius 1 is 1.48 bits per heavy atom. The molecule has 0 aliphatic carbocycles. The van der Waals surface area contributed by atoms with Gasteiger partial charge in [0.05, 0.1) is 24.5 Å². The summed E-state index contributed by atoms with van der Waals surface area (Å²) in [7, 11) is 1.44. The van der Waals surface area contributed by atoms with Gasteiger partial charge < -0.3 is 25.1 Å². The van der Waals surface area contributed by atoms with E-state index in [1.165, 1.54) is 24.5 Å². The molecule has 0 unspecified atom stereocenters. The SMILES string of the molecule is CCOC(=O)c1c(C)sc2c1OC(N)=C(C#N)[C@@H]2c1ccc(O)c(OC)c1. The van der Waals surface area contributed by atoms with Crippen LogP contribution in [0.2, 0.25) is 0 Å². The van der Waals surface area contributed by atoms with Crippen molar-refractivity contribution in [1.82, 2.24) is 0 Å². The van der Waals surface area contributed by atoms with Gasteiger partial charge in [0.1, 0.15) is 17.2 Å². The number of aromatic hydroxyl groups is 1. The van der Waals surface area contributed by atoms with E-state index in [2.05, 4.69) is 6.07 Å². The standard InChI is InChI=1S/C19H18N2O5S/c1-4-25-19(23)14-9(2)27-17-15(11(8-20)18(21)26-16(14)17)10-5-6-12(22)13(7-10)24-3/h5-7,15,22H,4,21H2,1-3H3/t15-/m0/s1. The Kier molecular flexibility index (Phi) is 4.97. The van der Waals surface area contributed by atoms with Crippen molar-refractivity contribution in [3.05, 3.63) is 50.5 Å². The zero-order valence-corrected chi connectivity index (χ0v) is 15.8. The van der Waals surface area contributed by atoms with E-state index in [1.807, 2.05) is 0 Å². The Labute approximate surface area is 160 Å². The van der Waals surface area contributed by atoms with Crippen LogP contribution in [0.25, 0.3) is 0 Å². The molecule has 3 N–H and O–H groups in total. The van der Waals surface area contributed by atoms with E-state index in [1.54, 1.807) is 26.0 Å². The molecule has 0 spiro atoms. The number of phenols is 1. The molecule has 0 saturated heterocycles. The predicted molar refractivity (Wildman–Crippen MR) is 99.0 cm³/mol. The second kappa shape index (κ2) is 7.21. The number of ether oxygens (including phenoxy) is 3. The van der Waals surface area contributed by atoms with Gasteiger partial charge in [-0.1, -0.05) is 6.07 Å². The van der Waals surface area contributed by atoms with Crippen LogP contribution in [0.3, 0.4) is 0 Å². The molecule has 0 fully saturated rings. The number of methoxy groups -OCH3 is 1. The first-order valence-electron chi connectivity index (χ1n) is 8.17. The summed E-state index contributed by atoms with van der Waals surface area (Å²) in [5.41, 5.74) is 7.22. The van der Waals surface area contributed by atoms with Crippen molar-refractivity contribution in [2.45, 2.75) is 19.8 Å². The first-order chi connectivity index (χ1) is 12.9. The summed E-state index contributed by atoms with van der Waals surface area (Å²) < 4.78 is 16.0. The smallest absolute Gasteiger partial charge is 0.343 e. The first-order valence-corrected chi connectivity index (χ1v) is 8.99. The molecule has 1 atom stereocenters. The molecule has 1 aromatic carbocycles. The maximum absolute atomic E-state index is 12.4. The highest BCUT2D eigenvalue weighted by Gasteiger charge is 2.37. The van der Waals surface area contributed by atoms with E-state index in [0.29, 0.717) is 26.6 Å². The molecular formula is C19H18N2O5S. The molecule has 2 heterocycles. The average molecular weight is 386 g/mol. The van der Waals surface area contributed by atoms with Gasteiger partial charge in [0.2, 0.25) is 5.88 Å². The van der Waals surface area contributed by atoms with E-state index in [-0.39, 0.29) is 29.6 Å². The molecule has 27 heavy (non-hydrogen) atoms. The number of thiophene rings is 1. The number of phenolic OH excluding ortho intramolecular Hbond substituents is 1. The van der Waals surface area contributed by atoms with Crippen LogP contribution in [0.4, 0.5) is 0 Å². The normalized spacial score (nSPS) is 15.6. The molecule has 0 saturated carbocycles. The van der Waals surface area contributed by atoms with Gasteiger partial charge in [-0.05, 0) is 31.5 Å². The van der Waals surface area contributed by atoms with Crippen LogP contribution in [-0.4, -0.2) is 24.8 Å². The van der Waals surface area contributed by atoms with Crippen molar-refractivity contribution in [2.75, 3.05) is 13.7 Å². The molecule has 0 amide bonds. The largest absolute Gasteiger partial charge is 0.504 e. The minimum absolute atomic E-state index is 0.0152. The second-order valence-corrected chi connectivity index (χ2v) is 7.06. The first kappa shape index (κ1) is 18.6. The highest BCUT2D eigenvalue weighted by atomic mass is 32.1. The molecule has 1 aliphatic rings. The lowest BCUT2D eigenvalue weighted by molar-refractivity contribution is 0.0522. The van der Waals surface area contributed by atoms with Gasteiger partial charge in [0, 0.05) is 4.88 Å². The maximum atomic E-state index is 12.4. The number of esters is 1. The third-order valence-electron chi connectivity index (χ3n) is 4.23. The van der Waals surface area contributed by atoms with Crippen molar-refractivity contribution >= 4 is 17.3 Å². The van der Waals surface area contributed by atoms with E-state index in [4.69, 9.17) is 19.9 Å². The van der Waals surface area contributed by atoms with Crippen LogP contribution in [0.1, 0.15) is 38.5 Å². The van der Waals surface area contributed by atoms with Crippen LogP contribution in [0.5, 0.6) is 17.2 Å². The Hall–Kier alpha value is -3.18. The molecule has 1 aliphatic heterocycles. The van der Waals surface area contributed by atoms with Gasteiger partial charge in [-0.15, -0.1) is 11.3 Å². The molecule has 3 rings (SSSR count). The van der Waals surface area contributed by atoms with Gasteiger partial charge in [0.25, 0.3) is 0 Å². The third-order valence-corrected chi connectivity index (χ3v) is 5.38. The number of nitrogens with two attached hydrogens (primary N) is 1.